The first-order valence-corrected chi connectivity index (χ1v) is 11.0. The molecule has 0 bridgehead atoms. The molecule has 1 saturated carbocycles. The van der Waals surface area contributed by atoms with Gasteiger partial charge in [0.05, 0.1) is 12.5 Å². The van der Waals surface area contributed by atoms with Gasteiger partial charge in [-0.3, -0.25) is 14.5 Å². The minimum absolute atomic E-state index is 0.0704. The summed E-state index contributed by atoms with van der Waals surface area (Å²) in [6.45, 7) is 0.565. The molecule has 3 aromatic rings. The molecule has 5 nitrogen and oxygen atoms in total. The highest BCUT2D eigenvalue weighted by molar-refractivity contribution is 5.93. The van der Waals surface area contributed by atoms with Gasteiger partial charge in [0.15, 0.2) is 0 Å². The van der Waals surface area contributed by atoms with Gasteiger partial charge < -0.3 is 5.32 Å². The minimum atomic E-state index is -4.22. The lowest BCUT2D eigenvalue weighted by molar-refractivity contribution is -0.184. The van der Waals surface area contributed by atoms with Crippen LogP contribution in [0.4, 0.5) is 13.2 Å². The Morgan fingerprint density at radius 2 is 1.97 bits per heavy atom. The molecule has 0 aliphatic heterocycles. The molecular formula is C25H25F3N4O. The zero-order chi connectivity index (χ0) is 23.3. The van der Waals surface area contributed by atoms with E-state index in [9.17, 15) is 18.0 Å². The number of carbonyl (C=O) groups excluding carboxylic acids is 1. The predicted octanol–water partition coefficient (Wildman–Crippen LogP) is 5.24. The topological polar surface area (TPSA) is 59.8 Å². The molecule has 8 heteroatoms. The monoisotopic (exact) mass is 454 g/mol. The summed E-state index contributed by atoms with van der Waals surface area (Å²) in [5.41, 5.74) is 3.30. The standard InChI is InChI=1S/C25H25F3N4O/c26-25(27,28)21-9-4-10-22(14-21)30-23(33)12-11-20-17-32(16-18-6-2-1-3-7-18)31-24(20)19-8-5-13-29-15-19/h1-3,5-8,11-13,15,17,21-22H,4,9-10,14,16H2,(H,30,33)/b12-11+. The molecule has 0 spiro atoms. The summed E-state index contributed by atoms with van der Waals surface area (Å²) in [7, 11) is 0. The highest BCUT2D eigenvalue weighted by atomic mass is 19.4. The van der Waals surface area contributed by atoms with Crippen molar-refractivity contribution in [1.82, 2.24) is 20.1 Å². The van der Waals surface area contributed by atoms with Crippen LogP contribution in [0.2, 0.25) is 0 Å². The summed E-state index contributed by atoms with van der Waals surface area (Å²) in [6, 6.07) is 13.1. The molecule has 1 aromatic carbocycles. The fourth-order valence-electron chi connectivity index (χ4n) is 4.17. The van der Waals surface area contributed by atoms with Crippen LogP contribution in [0.25, 0.3) is 17.3 Å². The quantitative estimate of drug-likeness (QED) is 0.518. The fraction of sp³-hybridized carbons (Fsp3) is 0.320. The van der Waals surface area contributed by atoms with Gasteiger partial charge in [0.2, 0.25) is 5.91 Å². The number of benzene rings is 1. The SMILES string of the molecule is O=C(/C=C/c1cn(Cc2ccccc2)nc1-c1cccnc1)NC1CCCC(C(F)(F)F)C1. The van der Waals surface area contributed by atoms with Crippen LogP contribution in [-0.4, -0.2) is 32.9 Å². The highest BCUT2D eigenvalue weighted by Gasteiger charge is 2.42. The summed E-state index contributed by atoms with van der Waals surface area (Å²) >= 11 is 0. The van der Waals surface area contributed by atoms with E-state index >= 15 is 0 Å². The van der Waals surface area contributed by atoms with Gasteiger partial charge >= 0.3 is 6.18 Å². The second-order valence-corrected chi connectivity index (χ2v) is 8.30. The van der Waals surface area contributed by atoms with E-state index < -0.39 is 24.0 Å². The van der Waals surface area contributed by atoms with Crippen molar-refractivity contribution < 1.29 is 18.0 Å². The zero-order valence-corrected chi connectivity index (χ0v) is 18.0. The van der Waals surface area contributed by atoms with Crippen LogP contribution < -0.4 is 5.32 Å². The van der Waals surface area contributed by atoms with E-state index in [1.165, 1.54) is 6.08 Å². The maximum atomic E-state index is 13.0. The number of amides is 1. The maximum absolute atomic E-state index is 13.0. The number of nitrogens with zero attached hydrogens (tertiary/aromatic N) is 3. The Hall–Kier alpha value is -3.42. The van der Waals surface area contributed by atoms with Gasteiger partial charge in [0.25, 0.3) is 0 Å². The maximum Gasteiger partial charge on any atom is 0.391 e. The third-order valence-electron chi connectivity index (χ3n) is 5.81. The number of alkyl halides is 3. The average molecular weight is 454 g/mol. The van der Waals surface area contributed by atoms with Crippen molar-refractivity contribution in [3.05, 3.63) is 78.3 Å². The molecular weight excluding hydrogens is 429 g/mol. The summed E-state index contributed by atoms with van der Waals surface area (Å²) in [5.74, 6) is -1.76. The van der Waals surface area contributed by atoms with Crippen molar-refractivity contribution in [2.45, 2.75) is 44.4 Å². The van der Waals surface area contributed by atoms with Gasteiger partial charge in [-0.2, -0.15) is 18.3 Å². The van der Waals surface area contributed by atoms with Gasteiger partial charge in [-0.15, -0.1) is 0 Å². The van der Waals surface area contributed by atoms with Crippen molar-refractivity contribution in [3.8, 4) is 11.3 Å². The van der Waals surface area contributed by atoms with Gasteiger partial charge in [0, 0.05) is 41.8 Å². The first-order chi connectivity index (χ1) is 15.9. The fourth-order valence-corrected chi connectivity index (χ4v) is 4.17. The van der Waals surface area contributed by atoms with Gasteiger partial charge in [-0.25, -0.2) is 0 Å². The molecule has 0 radical (unpaired) electrons. The normalized spacial score (nSPS) is 19.0. The van der Waals surface area contributed by atoms with Crippen LogP contribution >= 0.6 is 0 Å². The molecule has 4 rings (SSSR count). The average Bonchev–Trinajstić information content (AvgIpc) is 3.21. The highest BCUT2D eigenvalue weighted by Crippen LogP contribution is 2.37. The Labute approximate surface area is 190 Å². The van der Waals surface area contributed by atoms with E-state index in [0.29, 0.717) is 25.1 Å². The molecule has 1 aliphatic carbocycles. The molecule has 2 heterocycles. The number of halogens is 3. The number of nitrogens with one attached hydrogen (secondary N) is 1. The molecule has 172 valence electrons. The molecule has 2 atom stereocenters. The van der Waals surface area contributed by atoms with Crippen LogP contribution in [0.3, 0.4) is 0 Å². The van der Waals surface area contributed by atoms with Gasteiger partial charge in [0.1, 0.15) is 5.69 Å². The second-order valence-electron chi connectivity index (χ2n) is 8.30. The van der Waals surface area contributed by atoms with Crippen LogP contribution in [0.5, 0.6) is 0 Å². The lowest BCUT2D eigenvalue weighted by Crippen LogP contribution is -2.41. The molecule has 2 unspecified atom stereocenters. The molecule has 1 fully saturated rings. The number of carbonyl (C=O) groups is 1. The molecule has 2 aromatic heterocycles. The van der Waals surface area contributed by atoms with Crippen molar-refractivity contribution in [1.29, 1.82) is 0 Å². The zero-order valence-electron chi connectivity index (χ0n) is 18.0. The first-order valence-electron chi connectivity index (χ1n) is 11.0. The number of hydrogen-bond acceptors (Lipinski definition) is 3. The Bertz CT molecular complexity index is 1090. The summed E-state index contributed by atoms with van der Waals surface area (Å²) in [6.07, 6.45) is 5.08. The molecule has 1 aliphatic rings. The third kappa shape index (κ3) is 6.09. The van der Waals surface area contributed by atoms with Crippen LogP contribution in [0.1, 0.15) is 36.8 Å². The van der Waals surface area contributed by atoms with E-state index in [1.807, 2.05) is 48.7 Å². The van der Waals surface area contributed by atoms with E-state index in [4.69, 9.17) is 0 Å². The summed E-state index contributed by atoms with van der Waals surface area (Å²) < 4.78 is 40.9. The van der Waals surface area contributed by atoms with Crippen molar-refractivity contribution in [2.75, 3.05) is 0 Å². The number of pyridine rings is 1. The first kappa shape index (κ1) is 22.8. The van der Waals surface area contributed by atoms with E-state index in [-0.39, 0.29) is 12.8 Å². The summed E-state index contributed by atoms with van der Waals surface area (Å²) in [4.78, 5) is 16.6. The van der Waals surface area contributed by atoms with Crippen LogP contribution in [-0.2, 0) is 11.3 Å². The van der Waals surface area contributed by atoms with Crippen molar-refractivity contribution in [2.24, 2.45) is 5.92 Å². The Morgan fingerprint density at radius 1 is 1.15 bits per heavy atom. The van der Waals surface area contributed by atoms with Gasteiger partial charge in [-0.05, 0) is 43.0 Å². The van der Waals surface area contributed by atoms with E-state index in [0.717, 1.165) is 16.7 Å². The van der Waals surface area contributed by atoms with E-state index in [1.54, 1.807) is 23.2 Å². The Morgan fingerprint density at radius 3 is 2.70 bits per heavy atom. The lowest BCUT2D eigenvalue weighted by atomic mass is 9.85. The summed E-state index contributed by atoms with van der Waals surface area (Å²) in [5, 5.41) is 7.41. The van der Waals surface area contributed by atoms with Crippen molar-refractivity contribution in [3.63, 3.8) is 0 Å². The Balaban J connectivity index is 1.49. The Kier molecular flexibility index (Phi) is 6.91. The molecule has 33 heavy (non-hydrogen) atoms. The predicted molar refractivity (Wildman–Crippen MR) is 120 cm³/mol. The van der Waals surface area contributed by atoms with Crippen molar-refractivity contribution >= 4 is 12.0 Å². The van der Waals surface area contributed by atoms with E-state index in [2.05, 4.69) is 15.4 Å². The molecule has 1 N–H and O–H groups in total. The number of aromatic nitrogens is 3. The smallest absolute Gasteiger partial charge is 0.350 e. The minimum Gasteiger partial charge on any atom is -0.350 e. The van der Waals surface area contributed by atoms with Crippen LogP contribution in [0, 0.1) is 5.92 Å². The third-order valence-corrected chi connectivity index (χ3v) is 5.81. The number of rotatable bonds is 6. The molecule has 1 amide bonds. The lowest BCUT2D eigenvalue weighted by Gasteiger charge is -2.30. The van der Waals surface area contributed by atoms with Gasteiger partial charge in [-0.1, -0.05) is 36.8 Å². The molecule has 0 saturated heterocycles. The number of hydrogen-bond donors (Lipinski definition) is 1. The second kappa shape index (κ2) is 10.0. The largest absolute Gasteiger partial charge is 0.391 e. The van der Waals surface area contributed by atoms with Crippen LogP contribution in [0.15, 0.2) is 67.1 Å².